The number of hydrogen-bond donors (Lipinski definition) is 0. The van der Waals surface area contributed by atoms with Crippen molar-refractivity contribution in [2.24, 2.45) is 0 Å². The molecule has 3 heteroatoms. The highest BCUT2D eigenvalue weighted by Crippen LogP contribution is 2.38. The summed E-state index contributed by atoms with van der Waals surface area (Å²) in [5.74, 6) is 0.706. The highest BCUT2D eigenvalue weighted by Gasteiger charge is 2.17. The van der Waals surface area contributed by atoms with Crippen LogP contribution in [0.15, 0.2) is 126 Å². The fraction of sp³-hybridized carbons (Fsp3) is 0. The molecule has 0 unspecified atom stereocenters. The quantitative estimate of drug-likeness (QED) is 0.272. The minimum absolute atomic E-state index is 0.706. The maximum absolute atomic E-state index is 6.16. The van der Waals surface area contributed by atoms with Gasteiger partial charge in [-0.25, -0.2) is 9.97 Å². The topological polar surface area (TPSA) is 38.9 Å². The number of benzene rings is 5. The first-order chi connectivity index (χ1) is 17.3. The molecule has 0 N–H and O–H groups in total. The van der Waals surface area contributed by atoms with Crippen LogP contribution in [0.3, 0.4) is 0 Å². The molecule has 0 amide bonds. The van der Waals surface area contributed by atoms with Gasteiger partial charge >= 0.3 is 0 Å². The van der Waals surface area contributed by atoms with Crippen LogP contribution in [0.5, 0.6) is 0 Å². The van der Waals surface area contributed by atoms with E-state index in [0.29, 0.717) is 5.82 Å². The lowest BCUT2D eigenvalue weighted by molar-refractivity contribution is 0.669. The summed E-state index contributed by atoms with van der Waals surface area (Å²) < 4.78 is 6.16. The summed E-state index contributed by atoms with van der Waals surface area (Å²) in [4.78, 5) is 10.1. The molecule has 35 heavy (non-hydrogen) atoms. The van der Waals surface area contributed by atoms with Crippen molar-refractivity contribution in [3.05, 3.63) is 121 Å². The molecule has 0 aliphatic carbocycles. The average molecular weight is 449 g/mol. The van der Waals surface area contributed by atoms with Gasteiger partial charge in [0.1, 0.15) is 11.2 Å². The summed E-state index contributed by atoms with van der Waals surface area (Å²) in [6.07, 6.45) is 0. The first kappa shape index (κ1) is 19.7. The molecule has 5 aromatic carbocycles. The fourth-order valence-corrected chi connectivity index (χ4v) is 4.79. The van der Waals surface area contributed by atoms with E-state index in [1.54, 1.807) is 0 Å². The van der Waals surface area contributed by atoms with Crippen molar-refractivity contribution in [3.63, 3.8) is 0 Å². The van der Waals surface area contributed by atoms with Crippen LogP contribution in [-0.4, -0.2) is 9.97 Å². The normalized spacial score (nSPS) is 11.4. The Balaban J connectivity index is 1.51. The Labute approximate surface area is 202 Å². The van der Waals surface area contributed by atoms with Crippen molar-refractivity contribution >= 4 is 32.8 Å². The summed E-state index contributed by atoms with van der Waals surface area (Å²) in [6, 6.07) is 41.4. The SMILES string of the molecule is c1ccc(-c2ccc(-c3nc(-c4ccccc4)nc4c3ccc3oc5ccccc5c34)cc2)cc1. The van der Waals surface area contributed by atoms with Crippen LogP contribution in [0, 0.1) is 0 Å². The fourth-order valence-electron chi connectivity index (χ4n) is 4.79. The van der Waals surface area contributed by atoms with Crippen molar-refractivity contribution in [2.75, 3.05) is 0 Å². The number of fused-ring (bicyclic) bond motifs is 5. The van der Waals surface area contributed by atoms with Crippen LogP contribution in [0.25, 0.3) is 66.6 Å². The van der Waals surface area contributed by atoms with Gasteiger partial charge in [-0.3, -0.25) is 0 Å². The molecule has 0 aliphatic rings. The number of rotatable bonds is 3. The molecule has 2 aromatic heterocycles. The summed E-state index contributed by atoms with van der Waals surface area (Å²) in [5, 5.41) is 3.10. The summed E-state index contributed by atoms with van der Waals surface area (Å²) in [5.41, 5.74) is 7.94. The summed E-state index contributed by atoms with van der Waals surface area (Å²) in [6.45, 7) is 0. The zero-order valence-electron chi connectivity index (χ0n) is 18.8. The standard InChI is InChI=1S/C32H20N2O/c1-3-9-21(10-4-1)22-15-17-23(18-16-22)30-26-19-20-28-29(25-13-7-8-14-27(25)35-28)31(26)34-32(33-30)24-11-5-2-6-12-24/h1-20H. The Morgan fingerprint density at radius 3 is 1.83 bits per heavy atom. The highest BCUT2D eigenvalue weighted by molar-refractivity contribution is 6.19. The van der Waals surface area contributed by atoms with Gasteiger partial charge < -0.3 is 4.42 Å². The zero-order valence-corrected chi connectivity index (χ0v) is 18.8. The first-order valence-corrected chi connectivity index (χ1v) is 11.7. The third kappa shape index (κ3) is 3.29. The van der Waals surface area contributed by atoms with Crippen molar-refractivity contribution in [1.82, 2.24) is 9.97 Å². The van der Waals surface area contributed by atoms with E-state index in [-0.39, 0.29) is 0 Å². The van der Waals surface area contributed by atoms with Crippen molar-refractivity contribution < 1.29 is 4.42 Å². The first-order valence-electron chi connectivity index (χ1n) is 11.7. The van der Waals surface area contributed by atoms with Gasteiger partial charge in [-0.15, -0.1) is 0 Å². The van der Waals surface area contributed by atoms with Crippen LogP contribution >= 0.6 is 0 Å². The molecule has 0 saturated carbocycles. The molecule has 0 spiro atoms. The van der Waals surface area contributed by atoms with Crippen LogP contribution < -0.4 is 0 Å². The van der Waals surface area contributed by atoms with Crippen molar-refractivity contribution in [2.45, 2.75) is 0 Å². The molecule has 3 nitrogen and oxygen atoms in total. The van der Waals surface area contributed by atoms with E-state index >= 15 is 0 Å². The monoisotopic (exact) mass is 448 g/mol. The smallest absolute Gasteiger partial charge is 0.160 e. The van der Waals surface area contributed by atoms with E-state index in [1.165, 1.54) is 11.1 Å². The van der Waals surface area contributed by atoms with E-state index in [2.05, 4.69) is 72.8 Å². The molecule has 0 bridgehead atoms. The number of nitrogens with zero attached hydrogens (tertiary/aromatic N) is 2. The number of hydrogen-bond acceptors (Lipinski definition) is 3. The van der Waals surface area contributed by atoms with Gasteiger partial charge in [0.05, 0.1) is 16.6 Å². The largest absolute Gasteiger partial charge is 0.456 e. The molecular formula is C32H20N2O. The molecular weight excluding hydrogens is 428 g/mol. The van der Waals surface area contributed by atoms with Crippen molar-refractivity contribution in [1.29, 1.82) is 0 Å². The molecule has 0 fully saturated rings. The van der Waals surface area contributed by atoms with Crippen LogP contribution in [0.4, 0.5) is 0 Å². The molecule has 2 heterocycles. The van der Waals surface area contributed by atoms with E-state index in [0.717, 1.165) is 49.7 Å². The summed E-state index contributed by atoms with van der Waals surface area (Å²) >= 11 is 0. The van der Waals surface area contributed by atoms with E-state index < -0.39 is 0 Å². The maximum atomic E-state index is 6.16. The lowest BCUT2D eigenvalue weighted by Gasteiger charge is -2.11. The molecule has 0 atom stereocenters. The Morgan fingerprint density at radius 1 is 0.429 bits per heavy atom. The Morgan fingerprint density at radius 2 is 1.06 bits per heavy atom. The third-order valence-corrected chi connectivity index (χ3v) is 6.50. The van der Waals surface area contributed by atoms with Gasteiger partial charge in [-0.05, 0) is 29.3 Å². The second-order valence-corrected chi connectivity index (χ2v) is 8.64. The lowest BCUT2D eigenvalue weighted by Crippen LogP contribution is -1.95. The molecule has 0 saturated heterocycles. The molecule has 164 valence electrons. The van der Waals surface area contributed by atoms with Gasteiger partial charge in [-0.2, -0.15) is 0 Å². The minimum Gasteiger partial charge on any atom is -0.456 e. The Bertz CT molecular complexity index is 1820. The Hall–Kier alpha value is -4.76. The molecule has 0 aliphatic heterocycles. The minimum atomic E-state index is 0.706. The predicted molar refractivity (Wildman–Crippen MR) is 143 cm³/mol. The molecule has 0 radical (unpaired) electrons. The van der Waals surface area contributed by atoms with Gasteiger partial charge in [-0.1, -0.05) is 103 Å². The third-order valence-electron chi connectivity index (χ3n) is 6.50. The maximum Gasteiger partial charge on any atom is 0.160 e. The Kier molecular flexibility index (Phi) is 4.46. The number of furan rings is 1. The van der Waals surface area contributed by atoms with Crippen LogP contribution in [-0.2, 0) is 0 Å². The zero-order chi connectivity index (χ0) is 23.2. The van der Waals surface area contributed by atoms with Crippen LogP contribution in [0.2, 0.25) is 0 Å². The van der Waals surface area contributed by atoms with Gasteiger partial charge in [0.25, 0.3) is 0 Å². The average Bonchev–Trinajstić information content (AvgIpc) is 3.33. The second-order valence-electron chi connectivity index (χ2n) is 8.64. The number of para-hydroxylation sites is 1. The lowest BCUT2D eigenvalue weighted by atomic mass is 9.99. The highest BCUT2D eigenvalue weighted by atomic mass is 16.3. The van der Waals surface area contributed by atoms with E-state index in [1.807, 2.05) is 48.5 Å². The number of aromatic nitrogens is 2. The van der Waals surface area contributed by atoms with Gasteiger partial charge in [0.15, 0.2) is 5.82 Å². The summed E-state index contributed by atoms with van der Waals surface area (Å²) in [7, 11) is 0. The predicted octanol–water partition coefficient (Wildman–Crippen LogP) is 8.53. The van der Waals surface area contributed by atoms with Gasteiger partial charge in [0.2, 0.25) is 0 Å². The second kappa shape index (κ2) is 7.93. The van der Waals surface area contributed by atoms with Crippen LogP contribution in [0.1, 0.15) is 0 Å². The molecule has 7 rings (SSSR count). The van der Waals surface area contributed by atoms with E-state index in [9.17, 15) is 0 Å². The van der Waals surface area contributed by atoms with E-state index in [4.69, 9.17) is 14.4 Å². The van der Waals surface area contributed by atoms with Crippen molar-refractivity contribution in [3.8, 4) is 33.8 Å². The van der Waals surface area contributed by atoms with Gasteiger partial charge in [0, 0.05) is 21.9 Å². The molecule has 7 aromatic rings.